The Labute approximate surface area is 144 Å². The minimum Gasteiger partial charge on any atom is -0.421 e. The molecule has 0 aliphatic carbocycles. The Morgan fingerprint density at radius 2 is 1.88 bits per heavy atom. The van der Waals surface area contributed by atoms with E-state index in [1.807, 2.05) is 31.2 Å². The van der Waals surface area contributed by atoms with Gasteiger partial charge in [-0.3, -0.25) is 4.79 Å². The quantitative estimate of drug-likeness (QED) is 0.747. The van der Waals surface area contributed by atoms with E-state index in [-0.39, 0.29) is 18.1 Å². The second-order valence-electron chi connectivity index (χ2n) is 5.72. The summed E-state index contributed by atoms with van der Waals surface area (Å²) in [6, 6.07) is 13.8. The lowest BCUT2D eigenvalue weighted by molar-refractivity contribution is -0.121. The van der Waals surface area contributed by atoms with Crippen LogP contribution in [0.2, 0.25) is 0 Å². The van der Waals surface area contributed by atoms with Gasteiger partial charge in [-0.05, 0) is 36.2 Å². The number of hydrogen-bond donors (Lipinski definition) is 1. The molecular weight excluding hydrogens is 321 g/mol. The molecule has 0 atom stereocenters. The summed E-state index contributed by atoms with van der Waals surface area (Å²) >= 11 is 0. The Balaban J connectivity index is 1.51. The Bertz CT molecular complexity index is 859. The van der Waals surface area contributed by atoms with E-state index < -0.39 is 0 Å². The van der Waals surface area contributed by atoms with Gasteiger partial charge in [-0.1, -0.05) is 30.3 Å². The van der Waals surface area contributed by atoms with Gasteiger partial charge in [0.2, 0.25) is 17.7 Å². The zero-order valence-corrected chi connectivity index (χ0v) is 13.8. The summed E-state index contributed by atoms with van der Waals surface area (Å²) in [5.74, 6) is 0.464. The van der Waals surface area contributed by atoms with Gasteiger partial charge in [0.1, 0.15) is 5.82 Å². The molecule has 6 heteroatoms. The minimum atomic E-state index is -0.295. The molecule has 1 aromatic heterocycles. The van der Waals surface area contributed by atoms with Crippen molar-refractivity contribution in [2.75, 3.05) is 0 Å². The van der Waals surface area contributed by atoms with Crippen LogP contribution in [-0.2, 0) is 17.8 Å². The monoisotopic (exact) mass is 339 g/mol. The number of amides is 1. The van der Waals surface area contributed by atoms with E-state index in [9.17, 15) is 9.18 Å². The zero-order chi connectivity index (χ0) is 17.6. The SMILES string of the molecule is Cc1ccccc1-c1nnc(CCC(=O)NCc2ccc(F)cc2)o1. The van der Waals surface area contributed by atoms with E-state index in [4.69, 9.17) is 4.42 Å². The number of nitrogens with zero attached hydrogens (tertiary/aromatic N) is 2. The van der Waals surface area contributed by atoms with E-state index >= 15 is 0 Å². The molecule has 1 N–H and O–H groups in total. The van der Waals surface area contributed by atoms with Crippen LogP contribution in [0.15, 0.2) is 52.9 Å². The number of nitrogens with one attached hydrogen (secondary N) is 1. The Kier molecular flexibility index (Phi) is 5.18. The van der Waals surface area contributed by atoms with Crippen LogP contribution in [0, 0.1) is 12.7 Å². The van der Waals surface area contributed by atoms with E-state index in [0.717, 1.165) is 16.7 Å². The maximum absolute atomic E-state index is 12.8. The molecule has 0 saturated carbocycles. The molecule has 3 rings (SSSR count). The maximum atomic E-state index is 12.8. The van der Waals surface area contributed by atoms with Crippen molar-refractivity contribution in [3.8, 4) is 11.5 Å². The summed E-state index contributed by atoms with van der Waals surface area (Å²) in [5, 5.41) is 10.8. The number of aryl methyl sites for hydroxylation is 2. The second-order valence-corrected chi connectivity index (χ2v) is 5.72. The first-order valence-corrected chi connectivity index (χ1v) is 8.01. The van der Waals surface area contributed by atoms with Crippen LogP contribution in [0.5, 0.6) is 0 Å². The van der Waals surface area contributed by atoms with Crippen LogP contribution in [0.3, 0.4) is 0 Å². The zero-order valence-electron chi connectivity index (χ0n) is 13.8. The predicted octanol–water partition coefficient (Wildman–Crippen LogP) is 3.43. The number of carbonyl (C=O) groups excluding carboxylic acids is 1. The number of benzene rings is 2. The molecule has 0 radical (unpaired) electrons. The Hall–Kier alpha value is -3.02. The molecule has 0 spiro atoms. The molecule has 0 aliphatic rings. The lowest BCUT2D eigenvalue weighted by Crippen LogP contribution is -2.23. The van der Waals surface area contributed by atoms with Crippen LogP contribution < -0.4 is 5.32 Å². The highest BCUT2D eigenvalue weighted by atomic mass is 19.1. The molecule has 3 aromatic rings. The summed E-state index contributed by atoms with van der Waals surface area (Å²) in [4.78, 5) is 11.9. The van der Waals surface area contributed by atoms with E-state index in [1.54, 1.807) is 12.1 Å². The molecular formula is C19H18FN3O2. The highest BCUT2D eigenvalue weighted by Crippen LogP contribution is 2.21. The largest absolute Gasteiger partial charge is 0.421 e. The average molecular weight is 339 g/mol. The molecule has 0 aliphatic heterocycles. The van der Waals surface area contributed by atoms with E-state index in [1.165, 1.54) is 12.1 Å². The number of rotatable bonds is 6. The number of aromatic nitrogens is 2. The first-order valence-electron chi connectivity index (χ1n) is 8.01. The normalized spacial score (nSPS) is 10.6. The van der Waals surface area contributed by atoms with Gasteiger partial charge in [0, 0.05) is 24.9 Å². The third-order valence-corrected chi connectivity index (χ3v) is 3.81. The molecule has 128 valence electrons. The first-order chi connectivity index (χ1) is 12.1. The van der Waals surface area contributed by atoms with Gasteiger partial charge >= 0.3 is 0 Å². The molecule has 1 amide bonds. The summed E-state index contributed by atoms with van der Waals surface area (Å²) in [6.45, 7) is 2.33. The Morgan fingerprint density at radius 3 is 2.64 bits per heavy atom. The molecule has 5 nitrogen and oxygen atoms in total. The Morgan fingerprint density at radius 1 is 1.12 bits per heavy atom. The van der Waals surface area contributed by atoms with Gasteiger partial charge in [0.25, 0.3) is 0 Å². The van der Waals surface area contributed by atoms with Crippen molar-refractivity contribution in [1.29, 1.82) is 0 Å². The molecule has 1 heterocycles. The van der Waals surface area contributed by atoms with Gasteiger partial charge in [-0.15, -0.1) is 10.2 Å². The first kappa shape index (κ1) is 16.8. The third-order valence-electron chi connectivity index (χ3n) is 3.81. The average Bonchev–Trinajstić information content (AvgIpc) is 3.08. The number of hydrogen-bond acceptors (Lipinski definition) is 4. The summed E-state index contributed by atoms with van der Waals surface area (Å²) in [5.41, 5.74) is 2.78. The summed E-state index contributed by atoms with van der Waals surface area (Å²) in [6.07, 6.45) is 0.616. The highest BCUT2D eigenvalue weighted by molar-refractivity contribution is 5.76. The van der Waals surface area contributed by atoms with Gasteiger partial charge in [-0.25, -0.2) is 4.39 Å². The van der Waals surface area contributed by atoms with Crippen LogP contribution >= 0.6 is 0 Å². The fraction of sp³-hybridized carbons (Fsp3) is 0.211. The van der Waals surface area contributed by atoms with Gasteiger partial charge in [-0.2, -0.15) is 0 Å². The third kappa shape index (κ3) is 4.50. The van der Waals surface area contributed by atoms with E-state index in [2.05, 4.69) is 15.5 Å². The lowest BCUT2D eigenvalue weighted by atomic mass is 10.1. The van der Waals surface area contributed by atoms with Crippen molar-refractivity contribution in [2.24, 2.45) is 0 Å². The van der Waals surface area contributed by atoms with Crippen LogP contribution in [0.1, 0.15) is 23.4 Å². The van der Waals surface area contributed by atoms with Gasteiger partial charge in [0.15, 0.2) is 0 Å². The van der Waals surface area contributed by atoms with Crippen molar-refractivity contribution in [3.05, 3.63) is 71.4 Å². The van der Waals surface area contributed by atoms with Crippen molar-refractivity contribution in [3.63, 3.8) is 0 Å². The van der Waals surface area contributed by atoms with Crippen molar-refractivity contribution >= 4 is 5.91 Å². The van der Waals surface area contributed by atoms with E-state index in [0.29, 0.717) is 24.7 Å². The fourth-order valence-electron chi connectivity index (χ4n) is 2.39. The summed E-state index contributed by atoms with van der Waals surface area (Å²) in [7, 11) is 0. The van der Waals surface area contributed by atoms with Crippen LogP contribution in [-0.4, -0.2) is 16.1 Å². The molecule has 0 bridgehead atoms. The molecule has 0 saturated heterocycles. The number of carbonyl (C=O) groups is 1. The predicted molar refractivity (Wildman–Crippen MR) is 91.0 cm³/mol. The molecule has 0 unspecified atom stereocenters. The molecule has 0 fully saturated rings. The minimum absolute atomic E-state index is 0.125. The van der Waals surface area contributed by atoms with Crippen LogP contribution in [0.25, 0.3) is 11.5 Å². The maximum Gasteiger partial charge on any atom is 0.247 e. The topological polar surface area (TPSA) is 68.0 Å². The fourth-order valence-corrected chi connectivity index (χ4v) is 2.39. The number of halogens is 1. The van der Waals surface area contributed by atoms with Gasteiger partial charge < -0.3 is 9.73 Å². The van der Waals surface area contributed by atoms with Crippen molar-refractivity contribution < 1.29 is 13.6 Å². The highest BCUT2D eigenvalue weighted by Gasteiger charge is 2.12. The molecule has 2 aromatic carbocycles. The second kappa shape index (κ2) is 7.70. The molecule has 25 heavy (non-hydrogen) atoms. The van der Waals surface area contributed by atoms with Crippen molar-refractivity contribution in [2.45, 2.75) is 26.3 Å². The smallest absolute Gasteiger partial charge is 0.247 e. The van der Waals surface area contributed by atoms with Crippen LogP contribution in [0.4, 0.5) is 4.39 Å². The van der Waals surface area contributed by atoms with Crippen molar-refractivity contribution in [1.82, 2.24) is 15.5 Å². The standard InChI is InChI=1S/C19H18FN3O2/c1-13-4-2-3-5-16(13)19-23-22-18(25-19)11-10-17(24)21-12-14-6-8-15(20)9-7-14/h2-9H,10-12H2,1H3,(H,21,24). The lowest BCUT2D eigenvalue weighted by Gasteiger charge is -2.04. The van der Waals surface area contributed by atoms with Gasteiger partial charge in [0.05, 0.1) is 0 Å². The summed E-state index contributed by atoms with van der Waals surface area (Å²) < 4.78 is 18.5.